The molecule has 24 heavy (non-hydrogen) atoms. The van der Waals surface area contributed by atoms with Crippen molar-refractivity contribution in [3.63, 3.8) is 0 Å². The van der Waals surface area contributed by atoms with Gasteiger partial charge in [0, 0.05) is 6.04 Å². The van der Waals surface area contributed by atoms with E-state index in [1.54, 1.807) is 30.3 Å². The van der Waals surface area contributed by atoms with Gasteiger partial charge in [-0.05, 0) is 35.7 Å². The highest BCUT2D eigenvalue weighted by Gasteiger charge is 2.17. The van der Waals surface area contributed by atoms with Crippen molar-refractivity contribution in [2.24, 2.45) is 5.92 Å². The van der Waals surface area contributed by atoms with E-state index in [0.717, 1.165) is 5.56 Å². The van der Waals surface area contributed by atoms with E-state index in [4.69, 9.17) is 23.2 Å². The SMILES string of the molecule is CC(C)[C@H](NCC(=O)Nc1cccc(Cl)c1Cl)c1ccc(F)cc1. The molecule has 0 bridgehead atoms. The normalized spacial score (nSPS) is 12.2. The summed E-state index contributed by atoms with van der Waals surface area (Å²) in [5.74, 6) is -0.278. The van der Waals surface area contributed by atoms with Crippen molar-refractivity contribution >= 4 is 34.8 Å². The second-order valence-corrected chi connectivity index (χ2v) is 6.59. The molecule has 0 radical (unpaired) electrons. The average molecular weight is 369 g/mol. The Morgan fingerprint density at radius 1 is 1.12 bits per heavy atom. The Balaban J connectivity index is 2.00. The predicted molar refractivity (Wildman–Crippen MR) is 97.1 cm³/mol. The van der Waals surface area contributed by atoms with Crippen LogP contribution in [0, 0.1) is 11.7 Å². The van der Waals surface area contributed by atoms with Gasteiger partial charge in [-0.25, -0.2) is 4.39 Å². The van der Waals surface area contributed by atoms with Crippen molar-refractivity contribution in [1.29, 1.82) is 0 Å². The highest BCUT2D eigenvalue weighted by Crippen LogP contribution is 2.29. The van der Waals surface area contributed by atoms with Crippen LogP contribution in [0.3, 0.4) is 0 Å². The van der Waals surface area contributed by atoms with Gasteiger partial charge in [-0.3, -0.25) is 4.79 Å². The lowest BCUT2D eigenvalue weighted by Crippen LogP contribution is -2.33. The summed E-state index contributed by atoms with van der Waals surface area (Å²) < 4.78 is 13.1. The first-order valence-corrected chi connectivity index (χ1v) is 8.36. The number of hydrogen-bond acceptors (Lipinski definition) is 2. The van der Waals surface area contributed by atoms with Crippen LogP contribution in [0.1, 0.15) is 25.5 Å². The number of amides is 1. The number of carbonyl (C=O) groups excluding carboxylic acids is 1. The van der Waals surface area contributed by atoms with Crippen LogP contribution in [-0.2, 0) is 4.79 Å². The van der Waals surface area contributed by atoms with Crippen LogP contribution in [0.2, 0.25) is 10.0 Å². The fraction of sp³-hybridized carbons (Fsp3) is 0.278. The van der Waals surface area contributed by atoms with E-state index in [0.29, 0.717) is 15.7 Å². The number of carbonyl (C=O) groups is 1. The van der Waals surface area contributed by atoms with E-state index in [-0.39, 0.29) is 30.2 Å². The fourth-order valence-corrected chi connectivity index (χ4v) is 2.75. The summed E-state index contributed by atoms with van der Waals surface area (Å²) in [7, 11) is 0. The van der Waals surface area contributed by atoms with Gasteiger partial charge in [0.15, 0.2) is 0 Å². The quantitative estimate of drug-likeness (QED) is 0.748. The standard InChI is InChI=1S/C18H19Cl2FN2O/c1-11(2)18(12-6-8-13(21)9-7-12)22-10-16(24)23-15-5-3-4-14(19)17(15)20/h3-9,11,18,22H,10H2,1-2H3,(H,23,24)/t18-/m0/s1. The molecule has 2 N–H and O–H groups in total. The summed E-state index contributed by atoms with van der Waals surface area (Å²) in [6, 6.07) is 11.3. The zero-order chi connectivity index (χ0) is 17.7. The van der Waals surface area contributed by atoms with Gasteiger partial charge in [-0.15, -0.1) is 0 Å². The zero-order valence-corrected chi connectivity index (χ0v) is 15.0. The van der Waals surface area contributed by atoms with Crippen molar-refractivity contribution in [3.05, 3.63) is 63.9 Å². The van der Waals surface area contributed by atoms with Crippen LogP contribution in [0.15, 0.2) is 42.5 Å². The fourth-order valence-electron chi connectivity index (χ4n) is 2.41. The van der Waals surface area contributed by atoms with Gasteiger partial charge in [-0.1, -0.05) is 55.2 Å². The Hall–Kier alpha value is -1.62. The Morgan fingerprint density at radius 3 is 2.42 bits per heavy atom. The molecule has 0 aliphatic heterocycles. The minimum Gasteiger partial charge on any atom is -0.324 e. The Bertz CT molecular complexity index is 705. The molecule has 128 valence electrons. The van der Waals surface area contributed by atoms with Crippen molar-refractivity contribution in [1.82, 2.24) is 5.32 Å². The van der Waals surface area contributed by atoms with Crippen molar-refractivity contribution in [2.45, 2.75) is 19.9 Å². The average Bonchev–Trinajstić information content (AvgIpc) is 2.53. The highest BCUT2D eigenvalue weighted by atomic mass is 35.5. The van der Waals surface area contributed by atoms with Crippen LogP contribution >= 0.6 is 23.2 Å². The van der Waals surface area contributed by atoms with Gasteiger partial charge in [0.1, 0.15) is 5.82 Å². The summed E-state index contributed by atoms with van der Waals surface area (Å²) in [5.41, 5.74) is 1.40. The summed E-state index contributed by atoms with van der Waals surface area (Å²) in [6.07, 6.45) is 0. The molecule has 0 fully saturated rings. The lowest BCUT2D eigenvalue weighted by atomic mass is 9.96. The highest BCUT2D eigenvalue weighted by molar-refractivity contribution is 6.43. The molecule has 2 rings (SSSR count). The zero-order valence-electron chi connectivity index (χ0n) is 13.4. The van der Waals surface area contributed by atoms with Gasteiger partial charge >= 0.3 is 0 Å². The van der Waals surface area contributed by atoms with Crippen molar-refractivity contribution < 1.29 is 9.18 Å². The molecule has 0 spiro atoms. The second-order valence-electron chi connectivity index (χ2n) is 5.80. The van der Waals surface area contributed by atoms with E-state index in [9.17, 15) is 9.18 Å². The maximum Gasteiger partial charge on any atom is 0.238 e. The molecule has 0 aromatic heterocycles. The third kappa shape index (κ3) is 4.94. The number of halogens is 3. The minimum atomic E-state index is -0.283. The Kier molecular flexibility index (Phi) is 6.60. The maximum absolute atomic E-state index is 13.1. The van der Waals surface area contributed by atoms with Gasteiger partial charge in [0.2, 0.25) is 5.91 Å². The molecule has 0 aliphatic carbocycles. The van der Waals surface area contributed by atoms with Crippen LogP contribution in [0.4, 0.5) is 10.1 Å². The predicted octanol–water partition coefficient (Wildman–Crippen LogP) is 5.06. The number of rotatable bonds is 6. The topological polar surface area (TPSA) is 41.1 Å². The van der Waals surface area contributed by atoms with Gasteiger partial charge in [-0.2, -0.15) is 0 Å². The summed E-state index contributed by atoms with van der Waals surface area (Å²) in [4.78, 5) is 12.2. The Labute approximate surface area is 151 Å². The lowest BCUT2D eigenvalue weighted by Gasteiger charge is -2.23. The van der Waals surface area contributed by atoms with Crippen LogP contribution in [0.5, 0.6) is 0 Å². The molecule has 0 saturated carbocycles. The van der Waals surface area contributed by atoms with E-state index in [1.807, 2.05) is 13.8 Å². The van der Waals surface area contributed by atoms with E-state index in [2.05, 4.69) is 10.6 Å². The molecule has 0 heterocycles. The molecule has 0 unspecified atom stereocenters. The largest absolute Gasteiger partial charge is 0.324 e. The van der Waals surface area contributed by atoms with E-state index < -0.39 is 0 Å². The molecular formula is C18H19Cl2FN2O. The first kappa shape index (κ1) is 18.7. The molecule has 1 atom stereocenters. The van der Waals surface area contributed by atoms with Crippen molar-refractivity contribution in [3.8, 4) is 0 Å². The van der Waals surface area contributed by atoms with Gasteiger partial charge in [0.25, 0.3) is 0 Å². The molecule has 0 aliphatic rings. The minimum absolute atomic E-state index is 0.0637. The summed E-state index contributed by atoms with van der Waals surface area (Å²) in [6.45, 7) is 4.17. The molecule has 2 aromatic rings. The molecule has 0 saturated heterocycles. The van der Waals surface area contributed by atoms with Crippen molar-refractivity contribution in [2.75, 3.05) is 11.9 Å². The number of nitrogens with one attached hydrogen (secondary N) is 2. The third-order valence-electron chi connectivity index (χ3n) is 3.60. The number of hydrogen-bond donors (Lipinski definition) is 2. The van der Waals surface area contributed by atoms with Gasteiger partial charge in [0.05, 0.1) is 22.3 Å². The Morgan fingerprint density at radius 2 is 1.79 bits per heavy atom. The smallest absolute Gasteiger partial charge is 0.238 e. The van der Waals surface area contributed by atoms with Crippen LogP contribution in [-0.4, -0.2) is 12.5 Å². The van der Waals surface area contributed by atoms with Crippen LogP contribution in [0.25, 0.3) is 0 Å². The van der Waals surface area contributed by atoms with E-state index in [1.165, 1.54) is 12.1 Å². The molecule has 2 aromatic carbocycles. The van der Waals surface area contributed by atoms with Gasteiger partial charge < -0.3 is 10.6 Å². The molecular weight excluding hydrogens is 350 g/mol. The molecule has 1 amide bonds. The second kappa shape index (κ2) is 8.47. The molecule has 3 nitrogen and oxygen atoms in total. The van der Waals surface area contributed by atoms with Crippen LogP contribution < -0.4 is 10.6 Å². The first-order chi connectivity index (χ1) is 11.4. The lowest BCUT2D eigenvalue weighted by molar-refractivity contribution is -0.115. The monoisotopic (exact) mass is 368 g/mol. The summed E-state index contributed by atoms with van der Waals surface area (Å²) in [5, 5.41) is 6.62. The maximum atomic E-state index is 13.1. The third-order valence-corrected chi connectivity index (χ3v) is 4.42. The van der Waals surface area contributed by atoms with E-state index >= 15 is 0 Å². The first-order valence-electron chi connectivity index (χ1n) is 7.61. The number of anilines is 1. The molecule has 6 heteroatoms. The number of benzene rings is 2. The summed E-state index contributed by atoms with van der Waals surface area (Å²) >= 11 is 12.0.